The summed E-state index contributed by atoms with van der Waals surface area (Å²) in [6, 6.07) is 3.58. The Hall–Kier alpha value is -0.590. The summed E-state index contributed by atoms with van der Waals surface area (Å²) in [4.78, 5) is 0. The summed E-state index contributed by atoms with van der Waals surface area (Å²) in [6.45, 7) is 1.36. The molecular weight excluding hydrogens is 313 g/mol. The van der Waals surface area contributed by atoms with Gasteiger partial charge in [-0.25, -0.2) is 0 Å². The molecule has 102 valence electrons. The van der Waals surface area contributed by atoms with Crippen molar-refractivity contribution >= 4 is 15.9 Å². The van der Waals surface area contributed by atoms with Gasteiger partial charge in [0.1, 0.15) is 6.10 Å². The van der Waals surface area contributed by atoms with Crippen LogP contribution in [0.2, 0.25) is 0 Å². The second-order valence-corrected chi connectivity index (χ2v) is 4.85. The van der Waals surface area contributed by atoms with Crippen molar-refractivity contribution < 1.29 is 23.4 Å². The standard InChI is InChI=1S/C12H14BrF3O2/c1-7-2-3-8(6-9(7)12(14,15)16)11(18)10(17)4-5-13/h2-3,6,10-11,17-18H,4-5H2,1H3. The van der Waals surface area contributed by atoms with Crippen molar-refractivity contribution in [3.05, 3.63) is 34.9 Å². The van der Waals surface area contributed by atoms with E-state index in [0.717, 1.165) is 6.07 Å². The van der Waals surface area contributed by atoms with Crippen LogP contribution in [0.4, 0.5) is 13.2 Å². The number of benzene rings is 1. The van der Waals surface area contributed by atoms with Gasteiger partial charge in [-0.1, -0.05) is 28.1 Å². The molecule has 2 nitrogen and oxygen atoms in total. The molecule has 2 atom stereocenters. The lowest BCUT2D eigenvalue weighted by molar-refractivity contribution is -0.138. The van der Waals surface area contributed by atoms with Gasteiger partial charge in [0, 0.05) is 5.33 Å². The molecule has 0 radical (unpaired) electrons. The lowest BCUT2D eigenvalue weighted by atomic mass is 9.98. The van der Waals surface area contributed by atoms with E-state index in [1.54, 1.807) is 0 Å². The zero-order valence-corrected chi connectivity index (χ0v) is 11.3. The van der Waals surface area contributed by atoms with E-state index in [-0.39, 0.29) is 17.5 Å². The predicted octanol–water partition coefficient (Wildman–Crippen LogP) is 3.19. The number of halogens is 4. The molecule has 1 rings (SSSR count). The Bertz CT molecular complexity index is 407. The molecule has 18 heavy (non-hydrogen) atoms. The Morgan fingerprint density at radius 1 is 1.28 bits per heavy atom. The highest BCUT2D eigenvalue weighted by Gasteiger charge is 2.33. The molecule has 0 aliphatic heterocycles. The normalized spacial score (nSPS) is 15.5. The first-order chi connectivity index (χ1) is 8.27. The lowest BCUT2D eigenvalue weighted by Crippen LogP contribution is -2.19. The fourth-order valence-electron chi connectivity index (χ4n) is 1.62. The van der Waals surface area contributed by atoms with E-state index >= 15 is 0 Å². The number of aliphatic hydroxyl groups excluding tert-OH is 2. The first-order valence-corrected chi connectivity index (χ1v) is 6.49. The molecule has 0 aliphatic carbocycles. The van der Waals surface area contributed by atoms with Crippen LogP contribution in [-0.4, -0.2) is 21.6 Å². The van der Waals surface area contributed by atoms with Crippen molar-refractivity contribution in [1.29, 1.82) is 0 Å². The van der Waals surface area contributed by atoms with Crippen molar-refractivity contribution in [3.63, 3.8) is 0 Å². The minimum absolute atomic E-state index is 0.0707. The van der Waals surface area contributed by atoms with E-state index in [4.69, 9.17) is 0 Å². The van der Waals surface area contributed by atoms with Crippen molar-refractivity contribution in [1.82, 2.24) is 0 Å². The Morgan fingerprint density at radius 3 is 2.39 bits per heavy atom. The Morgan fingerprint density at radius 2 is 1.89 bits per heavy atom. The molecule has 0 spiro atoms. The molecule has 1 aromatic rings. The molecule has 2 unspecified atom stereocenters. The summed E-state index contributed by atoms with van der Waals surface area (Å²) in [7, 11) is 0. The molecule has 0 saturated carbocycles. The van der Waals surface area contributed by atoms with Crippen LogP contribution in [0.5, 0.6) is 0 Å². The van der Waals surface area contributed by atoms with Crippen LogP contribution in [0.15, 0.2) is 18.2 Å². The third-order valence-electron chi connectivity index (χ3n) is 2.68. The van der Waals surface area contributed by atoms with E-state index in [2.05, 4.69) is 15.9 Å². The van der Waals surface area contributed by atoms with E-state index in [1.807, 2.05) is 0 Å². The molecule has 6 heteroatoms. The number of hydrogen-bond acceptors (Lipinski definition) is 2. The zero-order chi connectivity index (χ0) is 13.9. The zero-order valence-electron chi connectivity index (χ0n) is 9.71. The third kappa shape index (κ3) is 3.70. The monoisotopic (exact) mass is 326 g/mol. The molecule has 0 aromatic heterocycles. The maximum Gasteiger partial charge on any atom is 0.416 e. The summed E-state index contributed by atoms with van der Waals surface area (Å²) in [5.74, 6) is 0. The smallest absolute Gasteiger partial charge is 0.390 e. The second-order valence-electron chi connectivity index (χ2n) is 4.06. The molecule has 0 fully saturated rings. The minimum Gasteiger partial charge on any atom is -0.390 e. The quantitative estimate of drug-likeness (QED) is 0.834. The average molecular weight is 327 g/mol. The van der Waals surface area contributed by atoms with Crippen LogP contribution in [0.25, 0.3) is 0 Å². The Labute approximate surface area is 112 Å². The van der Waals surface area contributed by atoms with Gasteiger partial charge in [0.25, 0.3) is 0 Å². The van der Waals surface area contributed by atoms with Gasteiger partial charge in [0.05, 0.1) is 11.7 Å². The molecule has 2 N–H and O–H groups in total. The fourth-order valence-corrected chi connectivity index (χ4v) is 2.09. The van der Waals surface area contributed by atoms with E-state index < -0.39 is 23.9 Å². The van der Waals surface area contributed by atoms with Gasteiger partial charge in [-0.2, -0.15) is 13.2 Å². The van der Waals surface area contributed by atoms with Gasteiger partial charge in [-0.15, -0.1) is 0 Å². The van der Waals surface area contributed by atoms with Crippen molar-refractivity contribution in [2.75, 3.05) is 5.33 Å². The summed E-state index contributed by atoms with van der Waals surface area (Å²) >= 11 is 3.10. The number of aliphatic hydroxyl groups is 2. The van der Waals surface area contributed by atoms with Crippen molar-refractivity contribution in [2.24, 2.45) is 0 Å². The molecule has 0 saturated heterocycles. The van der Waals surface area contributed by atoms with Crippen LogP contribution in [-0.2, 0) is 6.18 Å². The molecule has 0 bridgehead atoms. The van der Waals surface area contributed by atoms with Gasteiger partial charge in [-0.05, 0) is 30.5 Å². The highest BCUT2D eigenvalue weighted by molar-refractivity contribution is 9.09. The maximum atomic E-state index is 12.7. The first-order valence-electron chi connectivity index (χ1n) is 5.37. The molecule has 0 heterocycles. The summed E-state index contributed by atoms with van der Waals surface area (Å²) in [5.41, 5.74) is -0.625. The largest absolute Gasteiger partial charge is 0.416 e. The fraction of sp³-hybridized carbons (Fsp3) is 0.500. The van der Waals surface area contributed by atoms with Gasteiger partial charge in [-0.3, -0.25) is 0 Å². The SMILES string of the molecule is Cc1ccc(C(O)C(O)CCBr)cc1C(F)(F)F. The van der Waals surface area contributed by atoms with E-state index in [1.165, 1.54) is 19.1 Å². The predicted molar refractivity (Wildman–Crippen MR) is 65.6 cm³/mol. The third-order valence-corrected chi connectivity index (χ3v) is 3.14. The molecule has 0 aliphatic rings. The summed E-state index contributed by atoms with van der Waals surface area (Å²) in [5, 5.41) is 19.8. The maximum absolute atomic E-state index is 12.7. The van der Waals surface area contributed by atoms with Gasteiger partial charge >= 0.3 is 6.18 Å². The number of hydrogen-bond donors (Lipinski definition) is 2. The van der Waals surface area contributed by atoms with Gasteiger partial charge in [0.15, 0.2) is 0 Å². The van der Waals surface area contributed by atoms with Gasteiger partial charge in [0.2, 0.25) is 0 Å². The lowest BCUT2D eigenvalue weighted by Gasteiger charge is -2.19. The number of rotatable bonds is 4. The van der Waals surface area contributed by atoms with Crippen LogP contribution in [0, 0.1) is 6.92 Å². The Kier molecular flexibility index (Phi) is 5.19. The molecular formula is C12H14BrF3O2. The highest BCUT2D eigenvalue weighted by atomic mass is 79.9. The number of aryl methyl sites for hydroxylation is 1. The molecule has 0 amide bonds. The Balaban J connectivity index is 3.05. The van der Waals surface area contributed by atoms with Crippen LogP contribution >= 0.6 is 15.9 Å². The average Bonchev–Trinajstić information content (AvgIpc) is 2.27. The van der Waals surface area contributed by atoms with Crippen molar-refractivity contribution in [2.45, 2.75) is 31.7 Å². The second kappa shape index (κ2) is 6.04. The summed E-state index contributed by atoms with van der Waals surface area (Å²) in [6.07, 6.45) is -6.60. The van der Waals surface area contributed by atoms with E-state index in [0.29, 0.717) is 5.33 Å². The van der Waals surface area contributed by atoms with E-state index in [9.17, 15) is 23.4 Å². The van der Waals surface area contributed by atoms with Crippen LogP contribution in [0.1, 0.15) is 29.2 Å². The number of alkyl halides is 4. The molecule has 1 aromatic carbocycles. The van der Waals surface area contributed by atoms with Crippen LogP contribution < -0.4 is 0 Å². The van der Waals surface area contributed by atoms with Gasteiger partial charge < -0.3 is 10.2 Å². The van der Waals surface area contributed by atoms with Crippen LogP contribution in [0.3, 0.4) is 0 Å². The first kappa shape index (κ1) is 15.5. The highest BCUT2D eigenvalue weighted by Crippen LogP contribution is 2.34. The topological polar surface area (TPSA) is 40.5 Å². The summed E-state index contributed by atoms with van der Waals surface area (Å²) < 4.78 is 38.1. The minimum atomic E-state index is -4.46. The van der Waals surface area contributed by atoms with Crippen molar-refractivity contribution in [3.8, 4) is 0 Å².